The second-order valence-corrected chi connectivity index (χ2v) is 4.14. The topological polar surface area (TPSA) is 28.7 Å². The van der Waals surface area contributed by atoms with Crippen LogP contribution in [0.1, 0.15) is 11.4 Å². The van der Waals surface area contributed by atoms with Crippen LogP contribution >= 0.6 is 12.2 Å². The maximum Gasteiger partial charge on any atom is 0.135 e. The van der Waals surface area contributed by atoms with E-state index in [-0.39, 0.29) is 0 Å². The third-order valence-electron chi connectivity index (χ3n) is 2.47. The van der Waals surface area contributed by atoms with Crippen molar-refractivity contribution in [1.29, 1.82) is 0 Å². The van der Waals surface area contributed by atoms with E-state index in [1.807, 2.05) is 0 Å². The number of aromatic amines is 1. The van der Waals surface area contributed by atoms with E-state index >= 15 is 0 Å². The van der Waals surface area contributed by atoms with Crippen molar-refractivity contribution in [3.63, 3.8) is 0 Å². The fraction of sp³-hybridized carbons (Fsp3) is 0.167. The minimum atomic E-state index is -0.621. The summed E-state index contributed by atoms with van der Waals surface area (Å²) in [5.41, 5.74) is 1.51. The summed E-state index contributed by atoms with van der Waals surface area (Å²) in [7, 11) is 0. The quantitative estimate of drug-likeness (QED) is 0.784. The number of nitrogens with one attached hydrogen (secondary N) is 1. The predicted octanol–water partition coefficient (Wildman–Crippen LogP) is 3.70. The summed E-state index contributed by atoms with van der Waals surface area (Å²) in [6, 6.07) is 3.45. The second-order valence-electron chi connectivity index (χ2n) is 3.75. The van der Waals surface area contributed by atoms with Gasteiger partial charge in [0.1, 0.15) is 22.1 Å². The van der Waals surface area contributed by atoms with E-state index in [9.17, 15) is 8.78 Å². The highest BCUT2D eigenvalue weighted by Gasteiger charge is 2.11. The molecule has 2 rings (SSSR count). The molecule has 0 saturated heterocycles. The summed E-state index contributed by atoms with van der Waals surface area (Å²) in [5, 5.41) is 0. The Balaban J connectivity index is 2.72. The standard InChI is InChI=1S/C12H10F2N2S/c1-6-11(15-7(2)16-12(6)17)9-4-3-8(13)5-10(9)14/h3-5H,1-2H3,(H,15,16,17). The van der Waals surface area contributed by atoms with Crippen LogP contribution in [0.15, 0.2) is 18.2 Å². The van der Waals surface area contributed by atoms with Crippen molar-refractivity contribution < 1.29 is 8.78 Å². The average molecular weight is 252 g/mol. The fourth-order valence-corrected chi connectivity index (χ4v) is 1.85. The number of hydrogen-bond donors (Lipinski definition) is 1. The Bertz CT molecular complexity index is 635. The molecule has 17 heavy (non-hydrogen) atoms. The third kappa shape index (κ3) is 2.24. The molecule has 0 unspecified atom stereocenters. The smallest absolute Gasteiger partial charge is 0.135 e. The molecule has 0 saturated carbocycles. The first-order valence-corrected chi connectivity index (χ1v) is 5.43. The number of halogens is 2. The summed E-state index contributed by atoms with van der Waals surface area (Å²) < 4.78 is 26.9. The minimum Gasteiger partial charge on any atom is -0.343 e. The molecule has 0 atom stereocenters. The van der Waals surface area contributed by atoms with Gasteiger partial charge in [0.25, 0.3) is 0 Å². The number of aryl methyl sites for hydroxylation is 1. The van der Waals surface area contributed by atoms with Crippen molar-refractivity contribution in [1.82, 2.24) is 9.97 Å². The minimum absolute atomic E-state index is 0.292. The molecule has 88 valence electrons. The molecule has 1 aromatic carbocycles. The molecule has 0 bridgehead atoms. The molecule has 0 aliphatic heterocycles. The first kappa shape index (κ1) is 11.9. The van der Waals surface area contributed by atoms with E-state index in [1.54, 1.807) is 13.8 Å². The van der Waals surface area contributed by atoms with Crippen molar-refractivity contribution in [3.8, 4) is 11.3 Å². The maximum absolute atomic E-state index is 13.7. The van der Waals surface area contributed by atoms with Gasteiger partial charge >= 0.3 is 0 Å². The van der Waals surface area contributed by atoms with Crippen molar-refractivity contribution in [3.05, 3.63) is 45.9 Å². The van der Waals surface area contributed by atoms with E-state index in [0.717, 1.165) is 6.07 Å². The van der Waals surface area contributed by atoms with Gasteiger partial charge in [-0.3, -0.25) is 0 Å². The SMILES string of the molecule is Cc1nc(=S)c(C)c(-c2ccc(F)cc2F)[nH]1. The van der Waals surface area contributed by atoms with Gasteiger partial charge in [0.15, 0.2) is 0 Å². The normalized spacial score (nSPS) is 10.6. The third-order valence-corrected chi connectivity index (χ3v) is 2.87. The lowest BCUT2D eigenvalue weighted by molar-refractivity contribution is 0.585. The monoisotopic (exact) mass is 252 g/mol. The van der Waals surface area contributed by atoms with Gasteiger partial charge in [0.2, 0.25) is 0 Å². The predicted molar refractivity (Wildman–Crippen MR) is 64.2 cm³/mol. The Morgan fingerprint density at radius 3 is 2.59 bits per heavy atom. The Hall–Kier alpha value is -1.62. The lowest BCUT2D eigenvalue weighted by Gasteiger charge is -2.08. The fourth-order valence-electron chi connectivity index (χ4n) is 1.61. The van der Waals surface area contributed by atoms with Crippen LogP contribution in [0.3, 0.4) is 0 Å². The number of hydrogen-bond acceptors (Lipinski definition) is 2. The molecule has 5 heteroatoms. The lowest BCUT2D eigenvalue weighted by Crippen LogP contribution is -1.98. The summed E-state index contributed by atoms with van der Waals surface area (Å²) in [5.74, 6) is -0.628. The van der Waals surface area contributed by atoms with E-state index in [1.165, 1.54) is 12.1 Å². The van der Waals surface area contributed by atoms with Crippen LogP contribution in [0.4, 0.5) is 8.78 Å². The van der Waals surface area contributed by atoms with E-state index in [0.29, 0.717) is 27.3 Å². The molecule has 1 heterocycles. The van der Waals surface area contributed by atoms with Gasteiger partial charge in [-0.25, -0.2) is 13.8 Å². The van der Waals surface area contributed by atoms with Gasteiger partial charge in [-0.15, -0.1) is 0 Å². The maximum atomic E-state index is 13.7. The van der Waals surface area contributed by atoms with Crippen LogP contribution in [0, 0.1) is 30.1 Å². The highest BCUT2D eigenvalue weighted by atomic mass is 32.1. The molecule has 2 aromatic rings. The van der Waals surface area contributed by atoms with Crippen molar-refractivity contribution in [2.75, 3.05) is 0 Å². The molecule has 1 aromatic heterocycles. The van der Waals surface area contributed by atoms with Crippen LogP contribution in [-0.2, 0) is 0 Å². The van der Waals surface area contributed by atoms with Gasteiger partial charge < -0.3 is 4.98 Å². The molecule has 2 nitrogen and oxygen atoms in total. The Kier molecular flexibility index (Phi) is 3.02. The van der Waals surface area contributed by atoms with Gasteiger partial charge in [-0.05, 0) is 26.0 Å². The van der Waals surface area contributed by atoms with Crippen molar-refractivity contribution in [2.45, 2.75) is 13.8 Å². The van der Waals surface area contributed by atoms with Gasteiger partial charge in [0, 0.05) is 17.2 Å². The zero-order valence-electron chi connectivity index (χ0n) is 9.34. The number of rotatable bonds is 1. The van der Waals surface area contributed by atoms with Crippen LogP contribution < -0.4 is 0 Å². The van der Waals surface area contributed by atoms with Crippen LogP contribution in [0.25, 0.3) is 11.3 Å². The highest BCUT2D eigenvalue weighted by Crippen LogP contribution is 2.24. The zero-order chi connectivity index (χ0) is 12.6. The van der Waals surface area contributed by atoms with E-state index < -0.39 is 11.6 Å². The Morgan fingerprint density at radius 2 is 1.94 bits per heavy atom. The van der Waals surface area contributed by atoms with Crippen molar-refractivity contribution in [2.24, 2.45) is 0 Å². The van der Waals surface area contributed by atoms with Gasteiger partial charge in [0.05, 0.1) is 5.69 Å². The lowest BCUT2D eigenvalue weighted by atomic mass is 10.1. The van der Waals surface area contributed by atoms with E-state index in [2.05, 4.69) is 9.97 Å². The molecule has 0 radical (unpaired) electrons. The zero-order valence-corrected chi connectivity index (χ0v) is 10.2. The molecule has 1 N–H and O–H groups in total. The largest absolute Gasteiger partial charge is 0.343 e. The number of nitrogens with zero attached hydrogens (tertiary/aromatic N) is 1. The Labute approximate surface area is 102 Å². The first-order valence-electron chi connectivity index (χ1n) is 5.02. The van der Waals surface area contributed by atoms with Crippen molar-refractivity contribution >= 4 is 12.2 Å². The van der Waals surface area contributed by atoms with Crippen LogP contribution in [-0.4, -0.2) is 9.97 Å². The molecule has 0 spiro atoms. The molecular formula is C12H10F2N2S. The van der Waals surface area contributed by atoms with Gasteiger partial charge in [-0.1, -0.05) is 12.2 Å². The molecule has 0 fully saturated rings. The van der Waals surface area contributed by atoms with Crippen LogP contribution in [0.5, 0.6) is 0 Å². The highest BCUT2D eigenvalue weighted by molar-refractivity contribution is 7.71. The summed E-state index contributed by atoms with van der Waals surface area (Å²) in [4.78, 5) is 7.02. The summed E-state index contributed by atoms with van der Waals surface area (Å²) in [6.45, 7) is 3.49. The number of aromatic nitrogens is 2. The van der Waals surface area contributed by atoms with Crippen LogP contribution in [0.2, 0.25) is 0 Å². The first-order chi connectivity index (χ1) is 7.99. The molecule has 0 aliphatic carbocycles. The summed E-state index contributed by atoms with van der Waals surface area (Å²) >= 11 is 5.07. The number of benzene rings is 1. The average Bonchev–Trinajstić information content (AvgIpc) is 2.24. The van der Waals surface area contributed by atoms with Gasteiger partial charge in [-0.2, -0.15) is 0 Å². The van der Waals surface area contributed by atoms with E-state index in [4.69, 9.17) is 12.2 Å². The second kappa shape index (κ2) is 4.33. The molecular weight excluding hydrogens is 242 g/mol. The summed E-state index contributed by atoms with van der Waals surface area (Å²) in [6.07, 6.45) is 0. The number of H-pyrrole nitrogens is 1. The molecule has 0 amide bonds. The Morgan fingerprint density at radius 1 is 1.24 bits per heavy atom. The molecule has 0 aliphatic rings.